The molecule has 2 nitrogen and oxygen atoms in total. The van der Waals surface area contributed by atoms with E-state index in [-0.39, 0.29) is 0 Å². The Hall–Kier alpha value is 0.1000. The van der Waals surface area contributed by atoms with Crippen LogP contribution in [0.2, 0.25) is 0 Å². The van der Waals surface area contributed by atoms with Crippen LogP contribution >= 0.6 is 27.3 Å². The maximum absolute atomic E-state index is 10.3. The lowest BCUT2D eigenvalue weighted by atomic mass is 9.90. The summed E-state index contributed by atoms with van der Waals surface area (Å²) in [7, 11) is 0. The van der Waals surface area contributed by atoms with Crippen molar-refractivity contribution >= 4 is 27.3 Å². The molecule has 0 bridgehead atoms. The minimum absolute atomic E-state index is 0.536. The monoisotopic (exact) mass is 275 g/mol. The molecule has 0 radical (unpaired) electrons. The summed E-state index contributed by atoms with van der Waals surface area (Å²) in [5, 5.41) is 15.6. The standard InChI is InChI=1S/C10H14BrNOS/c11-8-2-5-14-9(8)6-10(13)3-1-4-12-7-10/h2,5,12-13H,1,3-4,6-7H2. The lowest BCUT2D eigenvalue weighted by molar-refractivity contribution is 0.0175. The molecule has 1 aliphatic heterocycles. The normalized spacial score (nSPS) is 27.9. The lowest BCUT2D eigenvalue weighted by Gasteiger charge is -2.32. The van der Waals surface area contributed by atoms with Crippen molar-refractivity contribution in [3.05, 3.63) is 20.8 Å². The van der Waals surface area contributed by atoms with E-state index in [1.165, 1.54) is 4.88 Å². The molecule has 0 aliphatic carbocycles. The molecule has 1 unspecified atom stereocenters. The SMILES string of the molecule is OC1(Cc2sccc2Br)CCCNC1. The van der Waals surface area contributed by atoms with Crippen molar-refractivity contribution in [2.24, 2.45) is 0 Å². The molecule has 78 valence electrons. The summed E-state index contributed by atoms with van der Waals surface area (Å²) in [6, 6.07) is 2.04. The van der Waals surface area contributed by atoms with Gasteiger partial charge in [0.05, 0.1) is 5.60 Å². The fraction of sp³-hybridized carbons (Fsp3) is 0.600. The molecule has 2 heterocycles. The molecular weight excluding hydrogens is 262 g/mol. The van der Waals surface area contributed by atoms with E-state index in [0.29, 0.717) is 0 Å². The molecule has 0 saturated carbocycles. The van der Waals surface area contributed by atoms with Gasteiger partial charge in [-0.2, -0.15) is 0 Å². The van der Waals surface area contributed by atoms with Gasteiger partial charge in [-0.25, -0.2) is 0 Å². The van der Waals surface area contributed by atoms with Crippen LogP contribution in [0.15, 0.2) is 15.9 Å². The van der Waals surface area contributed by atoms with Crippen LogP contribution in [0.1, 0.15) is 17.7 Å². The Morgan fingerprint density at radius 1 is 1.64 bits per heavy atom. The molecule has 2 rings (SSSR count). The van der Waals surface area contributed by atoms with Crippen LogP contribution in [0.5, 0.6) is 0 Å². The van der Waals surface area contributed by atoms with Gasteiger partial charge in [0.1, 0.15) is 0 Å². The molecule has 1 aromatic heterocycles. The first-order chi connectivity index (χ1) is 6.70. The third-order valence-electron chi connectivity index (χ3n) is 2.63. The number of hydrogen-bond donors (Lipinski definition) is 2. The zero-order chi connectivity index (χ0) is 10.0. The van der Waals surface area contributed by atoms with Crippen LogP contribution in [0.3, 0.4) is 0 Å². The number of rotatable bonds is 2. The van der Waals surface area contributed by atoms with Gasteiger partial charge in [0.2, 0.25) is 0 Å². The van der Waals surface area contributed by atoms with Gasteiger partial charge in [0.25, 0.3) is 0 Å². The van der Waals surface area contributed by atoms with Gasteiger partial charge in [-0.1, -0.05) is 0 Å². The first kappa shape index (κ1) is 10.6. The number of piperidine rings is 1. The zero-order valence-electron chi connectivity index (χ0n) is 7.92. The average Bonchev–Trinajstić information content (AvgIpc) is 2.52. The number of β-amino-alcohol motifs (C(OH)–C–C–N with tert-alkyl or cyclic N) is 1. The highest BCUT2D eigenvalue weighted by Gasteiger charge is 2.30. The smallest absolute Gasteiger partial charge is 0.0820 e. The van der Waals surface area contributed by atoms with Crippen LogP contribution in [-0.2, 0) is 6.42 Å². The zero-order valence-corrected chi connectivity index (χ0v) is 10.3. The quantitative estimate of drug-likeness (QED) is 0.867. The second kappa shape index (κ2) is 4.31. The van der Waals surface area contributed by atoms with Crippen LogP contribution in [0.4, 0.5) is 0 Å². The van der Waals surface area contributed by atoms with Crippen molar-refractivity contribution in [1.29, 1.82) is 0 Å². The van der Waals surface area contributed by atoms with Gasteiger partial charge >= 0.3 is 0 Å². The highest BCUT2D eigenvalue weighted by molar-refractivity contribution is 9.10. The first-order valence-electron chi connectivity index (χ1n) is 4.85. The van der Waals surface area contributed by atoms with Gasteiger partial charge in [-0.15, -0.1) is 11.3 Å². The summed E-state index contributed by atoms with van der Waals surface area (Å²) in [5.74, 6) is 0. The molecule has 1 fully saturated rings. The summed E-state index contributed by atoms with van der Waals surface area (Å²) in [6.45, 7) is 1.76. The molecule has 1 aromatic rings. The third-order valence-corrected chi connectivity index (χ3v) is 4.56. The predicted molar refractivity (Wildman–Crippen MR) is 62.8 cm³/mol. The lowest BCUT2D eigenvalue weighted by Crippen LogP contribution is -2.47. The van der Waals surface area contributed by atoms with E-state index >= 15 is 0 Å². The summed E-state index contributed by atoms with van der Waals surface area (Å²) < 4.78 is 1.13. The molecule has 0 aromatic carbocycles. The fourth-order valence-corrected chi connectivity index (χ4v) is 3.48. The molecule has 0 amide bonds. The van der Waals surface area contributed by atoms with Crippen LogP contribution in [-0.4, -0.2) is 23.8 Å². The second-order valence-corrected chi connectivity index (χ2v) is 5.73. The fourth-order valence-electron chi connectivity index (χ4n) is 1.85. The van der Waals surface area contributed by atoms with Crippen molar-refractivity contribution in [3.8, 4) is 0 Å². The van der Waals surface area contributed by atoms with Crippen molar-refractivity contribution < 1.29 is 5.11 Å². The topological polar surface area (TPSA) is 32.3 Å². The van der Waals surface area contributed by atoms with Crippen molar-refractivity contribution in [3.63, 3.8) is 0 Å². The van der Waals surface area contributed by atoms with E-state index < -0.39 is 5.60 Å². The number of aliphatic hydroxyl groups is 1. The van der Waals surface area contributed by atoms with Gasteiger partial charge < -0.3 is 10.4 Å². The van der Waals surface area contributed by atoms with E-state index in [1.807, 2.05) is 6.07 Å². The van der Waals surface area contributed by atoms with Crippen molar-refractivity contribution in [2.45, 2.75) is 24.9 Å². The molecule has 1 aliphatic rings. The Balaban J connectivity index is 2.05. The summed E-state index contributed by atoms with van der Waals surface area (Å²) in [4.78, 5) is 1.25. The number of halogens is 1. The molecule has 14 heavy (non-hydrogen) atoms. The van der Waals surface area contributed by atoms with E-state index in [1.54, 1.807) is 11.3 Å². The second-order valence-electron chi connectivity index (χ2n) is 3.87. The Morgan fingerprint density at radius 3 is 3.07 bits per heavy atom. The van der Waals surface area contributed by atoms with Gasteiger partial charge in [0, 0.05) is 22.3 Å². The van der Waals surface area contributed by atoms with Crippen LogP contribution in [0.25, 0.3) is 0 Å². The van der Waals surface area contributed by atoms with E-state index in [2.05, 4.69) is 26.6 Å². The Bertz CT molecular complexity index is 307. The van der Waals surface area contributed by atoms with Gasteiger partial charge in [-0.05, 0) is 46.8 Å². The Morgan fingerprint density at radius 2 is 2.50 bits per heavy atom. The van der Waals surface area contributed by atoms with Crippen LogP contribution in [0, 0.1) is 0 Å². The largest absolute Gasteiger partial charge is 0.388 e. The van der Waals surface area contributed by atoms with Gasteiger partial charge in [0.15, 0.2) is 0 Å². The Kier molecular flexibility index (Phi) is 3.27. The Labute approximate surface area is 96.5 Å². The predicted octanol–water partition coefficient (Wildman–Crippen LogP) is 2.17. The summed E-state index contributed by atoms with van der Waals surface area (Å²) in [5.41, 5.74) is -0.536. The minimum atomic E-state index is -0.536. The average molecular weight is 276 g/mol. The minimum Gasteiger partial charge on any atom is -0.388 e. The number of nitrogens with one attached hydrogen (secondary N) is 1. The number of hydrogen-bond acceptors (Lipinski definition) is 3. The molecule has 4 heteroatoms. The summed E-state index contributed by atoms with van der Waals surface area (Å²) >= 11 is 5.20. The molecule has 0 spiro atoms. The molecule has 1 atom stereocenters. The van der Waals surface area contributed by atoms with Crippen LogP contribution < -0.4 is 5.32 Å². The van der Waals surface area contributed by atoms with Gasteiger partial charge in [-0.3, -0.25) is 0 Å². The maximum atomic E-state index is 10.3. The maximum Gasteiger partial charge on any atom is 0.0820 e. The molecule has 2 N–H and O–H groups in total. The van der Waals surface area contributed by atoms with E-state index in [4.69, 9.17) is 0 Å². The van der Waals surface area contributed by atoms with Crippen molar-refractivity contribution in [1.82, 2.24) is 5.32 Å². The van der Waals surface area contributed by atoms with Crippen molar-refractivity contribution in [2.75, 3.05) is 13.1 Å². The van der Waals surface area contributed by atoms with E-state index in [0.717, 1.165) is 36.8 Å². The number of thiophene rings is 1. The third kappa shape index (κ3) is 2.37. The summed E-state index contributed by atoms with van der Waals surface area (Å²) in [6.07, 6.45) is 2.74. The highest BCUT2D eigenvalue weighted by atomic mass is 79.9. The molecular formula is C10H14BrNOS. The molecule has 1 saturated heterocycles. The highest BCUT2D eigenvalue weighted by Crippen LogP contribution is 2.29. The first-order valence-corrected chi connectivity index (χ1v) is 6.52. The van der Waals surface area contributed by atoms with E-state index in [9.17, 15) is 5.11 Å².